The lowest BCUT2D eigenvalue weighted by molar-refractivity contribution is -0.137. The number of carboxylic acid groups (broad SMARTS) is 1. The highest BCUT2D eigenvalue weighted by Crippen LogP contribution is 2.20. The normalized spacial score (nSPS) is 11.2. The number of nitrogens with zero attached hydrogens (tertiary/aromatic N) is 2. The number of hydrogen-bond donors (Lipinski definition) is 1. The Balaban J connectivity index is 2.45. The van der Waals surface area contributed by atoms with Crippen molar-refractivity contribution in [2.75, 3.05) is 12.9 Å². The Morgan fingerprint density at radius 1 is 0.750 bits per heavy atom. The molecule has 0 saturated heterocycles. The van der Waals surface area contributed by atoms with Crippen LogP contribution in [0.1, 0.15) is 96.0 Å². The SMILES string of the molecule is CC(=O)CCC(=O)CCC(=O)CCC(=O)CCC(=O)CCOc1nc(S(C)(=O)=O)ncc1CCCCCC(=O)O. The number of aromatic nitrogens is 2. The Morgan fingerprint density at radius 2 is 1.25 bits per heavy atom. The molecule has 222 valence electrons. The van der Waals surface area contributed by atoms with Gasteiger partial charge in [0, 0.05) is 82.2 Å². The number of carbonyl (C=O) groups is 6. The predicted octanol–water partition coefficient (Wildman–Crippen LogP) is 2.82. The largest absolute Gasteiger partial charge is 0.481 e. The number of sulfone groups is 1. The van der Waals surface area contributed by atoms with E-state index in [2.05, 4.69) is 9.97 Å². The average Bonchev–Trinajstić information content (AvgIpc) is 2.87. The van der Waals surface area contributed by atoms with E-state index < -0.39 is 21.0 Å². The molecular weight excluding hydrogens is 544 g/mol. The number of rotatable bonds is 23. The summed E-state index contributed by atoms with van der Waals surface area (Å²) < 4.78 is 29.3. The molecule has 0 aliphatic carbocycles. The summed E-state index contributed by atoms with van der Waals surface area (Å²) in [5, 5.41) is 8.32. The second-order valence-electron chi connectivity index (χ2n) is 9.66. The number of carbonyl (C=O) groups excluding carboxylic acids is 5. The molecule has 0 bridgehead atoms. The number of carboxylic acids is 1. The van der Waals surface area contributed by atoms with Crippen LogP contribution in [0.25, 0.3) is 0 Å². The standard InChI is InChI=1S/C27H38N2O10S/c1-19(30)8-9-21(31)10-11-22(32)12-13-23(33)14-15-24(34)16-17-39-26-20(6-4-3-5-7-25(35)36)18-28-27(29-26)40(2,37)38/h18H,3-17H2,1-2H3,(H,35,36). The van der Waals surface area contributed by atoms with Crippen LogP contribution in [0.2, 0.25) is 0 Å². The maximum absolute atomic E-state index is 12.2. The van der Waals surface area contributed by atoms with Crippen LogP contribution in [-0.4, -0.2) is 71.2 Å². The lowest BCUT2D eigenvalue weighted by Crippen LogP contribution is -2.13. The molecular formula is C27H38N2O10S. The van der Waals surface area contributed by atoms with Crippen LogP contribution in [0.15, 0.2) is 11.4 Å². The molecule has 13 heteroatoms. The van der Waals surface area contributed by atoms with Crippen molar-refractivity contribution in [1.29, 1.82) is 0 Å². The first-order valence-electron chi connectivity index (χ1n) is 13.2. The number of ketones is 5. The highest BCUT2D eigenvalue weighted by Gasteiger charge is 2.17. The van der Waals surface area contributed by atoms with Crippen LogP contribution in [0, 0.1) is 0 Å². The van der Waals surface area contributed by atoms with E-state index in [0.717, 1.165) is 6.26 Å². The first kappa shape index (κ1) is 34.7. The highest BCUT2D eigenvalue weighted by molar-refractivity contribution is 7.90. The number of hydrogen-bond acceptors (Lipinski definition) is 11. The average molecular weight is 583 g/mol. The fourth-order valence-electron chi connectivity index (χ4n) is 3.53. The fourth-order valence-corrected chi connectivity index (χ4v) is 4.03. The Bertz CT molecular complexity index is 1180. The van der Waals surface area contributed by atoms with Gasteiger partial charge in [-0.1, -0.05) is 6.42 Å². The topological polar surface area (TPSA) is 192 Å². The molecule has 12 nitrogen and oxygen atoms in total. The van der Waals surface area contributed by atoms with Crippen molar-refractivity contribution in [2.45, 2.75) is 102 Å². The molecule has 0 spiro atoms. The molecule has 0 aromatic carbocycles. The summed E-state index contributed by atoms with van der Waals surface area (Å²) in [4.78, 5) is 77.3. The van der Waals surface area contributed by atoms with Crippen molar-refractivity contribution < 1.29 is 47.0 Å². The molecule has 0 unspecified atom stereocenters. The summed E-state index contributed by atoms with van der Waals surface area (Å²) >= 11 is 0. The zero-order chi connectivity index (χ0) is 30.1. The summed E-state index contributed by atoms with van der Waals surface area (Å²) in [6.07, 6.45) is 4.75. The van der Waals surface area contributed by atoms with Crippen LogP contribution in [0.3, 0.4) is 0 Å². The molecule has 1 aromatic heterocycles. The van der Waals surface area contributed by atoms with Crippen LogP contribution in [0.5, 0.6) is 5.88 Å². The molecule has 40 heavy (non-hydrogen) atoms. The van der Waals surface area contributed by atoms with Crippen LogP contribution < -0.4 is 4.74 Å². The Kier molecular flexibility index (Phi) is 15.7. The third-order valence-electron chi connectivity index (χ3n) is 5.89. The lowest BCUT2D eigenvalue weighted by atomic mass is 10.0. The van der Waals surface area contributed by atoms with Gasteiger partial charge in [-0.15, -0.1) is 0 Å². The van der Waals surface area contributed by atoms with Gasteiger partial charge in [0.1, 0.15) is 28.9 Å². The molecule has 0 fully saturated rings. The minimum atomic E-state index is -3.69. The Hall–Kier alpha value is -3.35. The lowest BCUT2D eigenvalue weighted by Gasteiger charge is -2.11. The number of ether oxygens (including phenoxy) is 1. The smallest absolute Gasteiger partial charge is 0.303 e. The van der Waals surface area contributed by atoms with Crippen molar-refractivity contribution in [2.24, 2.45) is 0 Å². The molecule has 0 amide bonds. The van der Waals surface area contributed by atoms with Gasteiger partial charge in [-0.2, -0.15) is 4.98 Å². The van der Waals surface area contributed by atoms with Crippen molar-refractivity contribution in [3.63, 3.8) is 0 Å². The molecule has 1 rings (SSSR count). The first-order valence-corrected chi connectivity index (χ1v) is 15.1. The van der Waals surface area contributed by atoms with Crippen molar-refractivity contribution in [1.82, 2.24) is 9.97 Å². The van der Waals surface area contributed by atoms with Gasteiger partial charge in [-0.05, 0) is 26.2 Å². The van der Waals surface area contributed by atoms with Crippen LogP contribution in [-0.2, 0) is 45.0 Å². The van der Waals surface area contributed by atoms with E-state index in [4.69, 9.17) is 9.84 Å². The van der Waals surface area contributed by atoms with Crippen molar-refractivity contribution in [3.8, 4) is 5.88 Å². The molecule has 0 radical (unpaired) electrons. The van der Waals surface area contributed by atoms with Crippen LogP contribution in [0.4, 0.5) is 0 Å². The quantitative estimate of drug-likeness (QED) is 0.147. The second-order valence-corrected chi connectivity index (χ2v) is 11.6. The summed E-state index contributed by atoms with van der Waals surface area (Å²) in [7, 11) is -3.69. The zero-order valence-electron chi connectivity index (χ0n) is 23.1. The maximum atomic E-state index is 12.2. The Morgan fingerprint density at radius 3 is 1.73 bits per heavy atom. The minimum Gasteiger partial charge on any atom is -0.481 e. The number of aliphatic carboxylic acids is 1. The van der Waals surface area contributed by atoms with E-state index in [0.29, 0.717) is 31.2 Å². The van der Waals surface area contributed by atoms with Crippen LogP contribution >= 0.6 is 0 Å². The van der Waals surface area contributed by atoms with Crippen molar-refractivity contribution in [3.05, 3.63) is 11.8 Å². The van der Waals surface area contributed by atoms with E-state index >= 15 is 0 Å². The number of aryl methyl sites for hydroxylation is 1. The van der Waals surface area contributed by atoms with Gasteiger partial charge in [0.2, 0.25) is 20.9 Å². The van der Waals surface area contributed by atoms with E-state index in [1.54, 1.807) is 0 Å². The third-order valence-corrected chi connectivity index (χ3v) is 6.75. The van der Waals surface area contributed by atoms with Gasteiger partial charge in [-0.3, -0.25) is 24.0 Å². The highest BCUT2D eigenvalue weighted by atomic mass is 32.2. The van der Waals surface area contributed by atoms with Crippen molar-refractivity contribution >= 4 is 44.7 Å². The molecule has 0 atom stereocenters. The van der Waals surface area contributed by atoms with Gasteiger partial charge in [0.05, 0.1) is 6.61 Å². The summed E-state index contributed by atoms with van der Waals surface area (Å²) in [5.74, 6) is -1.81. The minimum absolute atomic E-state index is 0.00834. The summed E-state index contributed by atoms with van der Waals surface area (Å²) in [6.45, 7) is 1.30. The summed E-state index contributed by atoms with van der Waals surface area (Å²) in [6, 6.07) is 0. The number of unbranched alkanes of at least 4 members (excludes halogenated alkanes) is 2. The first-order chi connectivity index (χ1) is 18.8. The summed E-state index contributed by atoms with van der Waals surface area (Å²) in [5.41, 5.74) is 0.538. The van der Waals surface area contributed by atoms with Gasteiger partial charge < -0.3 is 14.6 Å². The van der Waals surface area contributed by atoms with Gasteiger partial charge in [0.15, 0.2) is 0 Å². The third kappa shape index (κ3) is 15.9. The number of Topliss-reactive ketones (excluding diaryl/α,β-unsaturated/α-hetero) is 5. The molecule has 1 aromatic rings. The Labute approximate surface area is 234 Å². The van der Waals surface area contributed by atoms with E-state index in [1.807, 2.05) is 0 Å². The van der Waals surface area contributed by atoms with Gasteiger partial charge >= 0.3 is 5.97 Å². The zero-order valence-corrected chi connectivity index (χ0v) is 23.9. The van der Waals surface area contributed by atoms with Gasteiger partial charge in [-0.25, -0.2) is 13.4 Å². The second kappa shape index (κ2) is 18.1. The van der Waals surface area contributed by atoms with Gasteiger partial charge in [0.25, 0.3) is 0 Å². The van der Waals surface area contributed by atoms with E-state index in [9.17, 15) is 37.2 Å². The molecule has 1 heterocycles. The molecule has 0 aliphatic heterocycles. The molecule has 0 aliphatic rings. The van der Waals surface area contributed by atoms with E-state index in [-0.39, 0.29) is 106 Å². The monoisotopic (exact) mass is 582 g/mol. The van der Waals surface area contributed by atoms with E-state index in [1.165, 1.54) is 13.1 Å². The molecule has 1 N–H and O–H groups in total. The molecule has 0 saturated carbocycles. The maximum Gasteiger partial charge on any atom is 0.303 e. The predicted molar refractivity (Wildman–Crippen MR) is 143 cm³/mol. The fraction of sp³-hybridized carbons (Fsp3) is 0.630.